The van der Waals surface area contributed by atoms with Gasteiger partial charge in [-0.1, -0.05) is 6.07 Å². The summed E-state index contributed by atoms with van der Waals surface area (Å²) in [5.74, 6) is 0.641. The molecule has 0 spiro atoms. The van der Waals surface area contributed by atoms with Crippen LogP contribution in [-0.2, 0) is 40.1 Å². The van der Waals surface area contributed by atoms with Crippen molar-refractivity contribution in [3.05, 3.63) is 46.7 Å². The molecule has 1 amide bonds. The highest BCUT2D eigenvalue weighted by Crippen LogP contribution is 2.34. The van der Waals surface area contributed by atoms with Crippen LogP contribution in [0.3, 0.4) is 0 Å². The van der Waals surface area contributed by atoms with Gasteiger partial charge in [0.1, 0.15) is 17.3 Å². The number of alkyl halides is 3. The Morgan fingerprint density at radius 1 is 1.26 bits per heavy atom. The number of aromatic nitrogens is 3. The van der Waals surface area contributed by atoms with Gasteiger partial charge in [0.2, 0.25) is 0 Å². The predicted octanol–water partition coefficient (Wildman–Crippen LogP) is 2.56. The number of nitrogens with zero attached hydrogens (tertiary/aromatic N) is 4. The fraction of sp³-hybridized carbons (Fsp3) is 0.545. The Balaban J connectivity index is 1.59. The standard InChI is InChI=1S/C22H27F3N6O3/c1-13(15-4-3-5-17(28-15)22(23,24)25)27-19-14-11-31(12-16(14)29-18(10-26)30-19)20(32)21(33-2)6-8-34-9-7-21/h3-5,13H,6-12,26H2,1-2H3,(H,27,29,30)/t13-/m1/s1. The minimum Gasteiger partial charge on any atom is -0.381 e. The SMILES string of the molecule is COC1(C(=O)N2Cc3nc(CN)nc(N[C@H](C)c4cccc(C(F)(F)F)n4)c3C2)CCOCC1. The minimum absolute atomic E-state index is 0.0748. The number of pyridine rings is 1. The van der Waals surface area contributed by atoms with E-state index in [2.05, 4.69) is 20.3 Å². The molecule has 0 bridgehead atoms. The number of ether oxygens (including phenoxy) is 2. The van der Waals surface area contributed by atoms with E-state index in [1.807, 2.05) is 0 Å². The van der Waals surface area contributed by atoms with E-state index in [4.69, 9.17) is 15.2 Å². The van der Waals surface area contributed by atoms with E-state index < -0.39 is 23.5 Å². The number of carbonyl (C=O) groups is 1. The Labute approximate surface area is 194 Å². The fourth-order valence-corrected chi connectivity index (χ4v) is 4.28. The summed E-state index contributed by atoms with van der Waals surface area (Å²) in [7, 11) is 1.52. The highest BCUT2D eigenvalue weighted by Gasteiger charge is 2.45. The largest absolute Gasteiger partial charge is 0.433 e. The van der Waals surface area contributed by atoms with Crippen molar-refractivity contribution in [1.29, 1.82) is 0 Å². The first kappa shape index (κ1) is 24.3. The van der Waals surface area contributed by atoms with Crippen molar-refractivity contribution < 1.29 is 27.4 Å². The highest BCUT2D eigenvalue weighted by molar-refractivity contribution is 5.86. The number of methoxy groups -OCH3 is 1. The summed E-state index contributed by atoms with van der Waals surface area (Å²) >= 11 is 0. The second-order valence-electron chi connectivity index (χ2n) is 8.40. The Bertz CT molecular complexity index is 1060. The molecule has 2 aromatic rings. The van der Waals surface area contributed by atoms with E-state index in [1.54, 1.807) is 11.8 Å². The summed E-state index contributed by atoms with van der Waals surface area (Å²) in [6.45, 7) is 3.15. The average Bonchev–Trinajstić information content (AvgIpc) is 3.28. The number of fused-ring (bicyclic) bond motifs is 1. The zero-order valence-electron chi connectivity index (χ0n) is 19.0. The van der Waals surface area contributed by atoms with Crippen LogP contribution in [0.4, 0.5) is 19.0 Å². The van der Waals surface area contributed by atoms with E-state index in [-0.39, 0.29) is 31.2 Å². The Morgan fingerprint density at radius 3 is 2.65 bits per heavy atom. The van der Waals surface area contributed by atoms with Gasteiger partial charge < -0.3 is 25.4 Å². The summed E-state index contributed by atoms with van der Waals surface area (Å²) in [6.07, 6.45) is -3.63. The minimum atomic E-state index is -4.54. The summed E-state index contributed by atoms with van der Waals surface area (Å²) in [4.78, 5) is 27.8. The molecule has 12 heteroatoms. The van der Waals surface area contributed by atoms with Crippen molar-refractivity contribution in [2.75, 3.05) is 25.6 Å². The number of hydrogen-bond donors (Lipinski definition) is 2. The smallest absolute Gasteiger partial charge is 0.381 e. The Hall–Kier alpha value is -2.83. The molecule has 2 aliphatic heterocycles. The lowest BCUT2D eigenvalue weighted by Gasteiger charge is -2.37. The van der Waals surface area contributed by atoms with Crippen LogP contribution in [0.5, 0.6) is 0 Å². The van der Waals surface area contributed by atoms with E-state index in [1.165, 1.54) is 19.2 Å². The molecule has 0 saturated carbocycles. The van der Waals surface area contributed by atoms with Gasteiger partial charge in [0, 0.05) is 38.7 Å². The molecule has 1 fully saturated rings. The van der Waals surface area contributed by atoms with Crippen molar-refractivity contribution in [3.8, 4) is 0 Å². The quantitative estimate of drug-likeness (QED) is 0.648. The molecule has 3 N–H and O–H groups in total. The molecule has 184 valence electrons. The van der Waals surface area contributed by atoms with Crippen LogP contribution in [0.2, 0.25) is 0 Å². The Morgan fingerprint density at radius 2 is 2.00 bits per heavy atom. The number of carbonyl (C=O) groups excluding carboxylic acids is 1. The van der Waals surface area contributed by atoms with Gasteiger partial charge in [0.05, 0.1) is 37.1 Å². The first-order valence-electron chi connectivity index (χ1n) is 11.0. The lowest BCUT2D eigenvalue weighted by Crippen LogP contribution is -2.51. The van der Waals surface area contributed by atoms with E-state index >= 15 is 0 Å². The number of rotatable bonds is 6. The van der Waals surface area contributed by atoms with E-state index in [9.17, 15) is 18.0 Å². The van der Waals surface area contributed by atoms with Crippen LogP contribution in [0.1, 0.15) is 54.3 Å². The molecular formula is C22H27F3N6O3. The second kappa shape index (κ2) is 9.43. The van der Waals surface area contributed by atoms with Gasteiger partial charge >= 0.3 is 6.18 Å². The number of hydrogen-bond acceptors (Lipinski definition) is 8. The van der Waals surface area contributed by atoms with Crippen LogP contribution in [0, 0.1) is 0 Å². The molecule has 9 nitrogen and oxygen atoms in total. The third kappa shape index (κ3) is 4.70. The first-order chi connectivity index (χ1) is 16.2. The molecule has 0 aromatic carbocycles. The zero-order chi connectivity index (χ0) is 24.5. The molecule has 1 saturated heterocycles. The number of anilines is 1. The number of nitrogens with two attached hydrogens (primary N) is 1. The van der Waals surface area contributed by atoms with Gasteiger partial charge in [-0.05, 0) is 19.1 Å². The highest BCUT2D eigenvalue weighted by atomic mass is 19.4. The number of halogens is 3. The zero-order valence-corrected chi connectivity index (χ0v) is 19.0. The van der Waals surface area contributed by atoms with Gasteiger partial charge in [0.25, 0.3) is 5.91 Å². The molecule has 0 unspecified atom stereocenters. The monoisotopic (exact) mass is 480 g/mol. The molecular weight excluding hydrogens is 453 g/mol. The average molecular weight is 480 g/mol. The van der Waals surface area contributed by atoms with Crippen LogP contribution in [-0.4, -0.2) is 51.7 Å². The lowest BCUT2D eigenvalue weighted by atomic mass is 9.92. The summed E-state index contributed by atoms with van der Waals surface area (Å²) < 4.78 is 50.3. The van der Waals surface area contributed by atoms with Crippen molar-refractivity contribution >= 4 is 11.7 Å². The molecule has 4 heterocycles. The maximum absolute atomic E-state index is 13.4. The third-order valence-corrected chi connectivity index (χ3v) is 6.24. The number of nitrogens with one attached hydrogen (secondary N) is 1. The normalized spacial score (nSPS) is 18.5. The number of amides is 1. The van der Waals surface area contributed by atoms with Crippen molar-refractivity contribution in [2.45, 2.75) is 57.2 Å². The van der Waals surface area contributed by atoms with Gasteiger partial charge in [0.15, 0.2) is 5.60 Å². The predicted molar refractivity (Wildman–Crippen MR) is 115 cm³/mol. The van der Waals surface area contributed by atoms with Crippen LogP contribution >= 0.6 is 0 Å². The molecule has 0 radical (unpaired) electrons. The fourth-order valence-electron chi connectivity index (χ4n) is 4.28. The van der Waals surface area contributed by atoms with E-state index in [0.717, 1.165) is 6.07 Å². The lowest BCUT2D eigenvalue weighted by molar-refractivity contribution is -0.167. The molecule has 4 rings (SSSR count). The summed E-state index contributed by atoms with van der Waals surface area (Å²) in [5.41, 5.74) is 5.41. The maximum atomic E-state index is 13.4. The molecule has 34 heavy (non-hydrogen) atoms. The maximum Gasteiger partial charge on any atom is 0.433 e. The molecule has 2 aromatic heterocycles. The second-order valence-corrected chi connectivity index (χ2v) is 8.40. The third-order valence-electron chi connectivity index (χ3n) is 6.24. The van der Waals surface area contributed by atoms with Gasteiger partial charge in [-0.2, -0.15) is 13.2 Å². The van der Waals surface area contributed by atoms with Crippen LogP contribution in [0.25, 0.3) is 0 Å². The van der Waals surface area contributed by atoms with Crippen molar-refractivity contribution in [1.82, 2.24) is 19.9 Å². The van der Waals surface area contributed by atoms with Crippen LogP contribution < -0.4 is 11.1 Å². The Kier molecular flexibility index (Phi) is 6.74. The first-order valence-corrected chi connectivity index (χ1v) is 11.0. The summed E-state index contributed by atoms with van der Waals surface area (Å²) in [5, 5.41) is 3.15. The van der Waals surface area contributed by atoms with E-state index in [0.29, 0.717) is 49.0 Å². The van der Waals surface area contributed by atoms with Gasteiger partial charge in [-0.3, -0.25) is 4.79 Å². The van der Waals surface area contributed by atoms with Crippen LogP contribution in [0.15, 0.2) is 18.2 Å². The van der Waals surface area contributed by atoms with Gasteiger partial charge in [-0.15, -0.1) is 0 Å². The van der Waals surface area contributed by atoms with Gasteiger partial charge in [-0.25, -0.2) is 15.0 Å². The summed E-state index contributed by atoms with van der Waals surface area (Å²) in [6, 6.07) is 3.17. The van der Waals surface area contributed by atoms with Crippen molar-refractivity contribution in [3.63, 3.8) is 0 Å². The molecule has 1 atom stereocenters. The molecule has 0 aliphatic carbocycles. The molecule has 2 aliphatic rings. The topological polar surface area (TPSA) is 115 Å². The van der Waals surface area contributed by atoms with Crippen molar-refractivity contribution in [2.24, 2.45) is 5.73 Å².